The number of rotatable bonds is 6. The first-order chi connectivity index (χ1) is 9.21. The van der Waals surface area contributed by atoms with Gasteiger partial charge in [-0.2, -0.15) is 0 Å². The van der Waals surface area contributed by atoms with Gasteiger partial charge in [0.15, 0.2) is 0 Å². The van der Waals surface area contributed by atoms with E-state index in [0.717, 1.165) is 0 Å². The molecule has 1 aromatic carbocycles. The second-order valence-corrected chi connectivity index (χ2v) is 7.52. The van der Waals surface area contributed by atoms with Crippen molar-refractivity contribution in [3.63, 3.8) is 0 Å². The van der Waals surface area contributed by atoms with E-state index in [1.807, 2.05) is 0 Å². The molecule has 1 atom stereocenters. The summed E-state index contributed by atoms with van der Waals surface area (Å²) < 4.78 is 33.3. The standard InChI is InChI=1S/C12H18N2O4S2/c1-9-8-10(20(13,17)18)4-5-11(9)12(15)14-6-3-7-19(2)16/h4-5,8H,3,6-7H2,1-2H3,(H,14,15)(H2,13,17,18). The Morgan fingerprint density at radius 2 is 2.05 bits per heavy atom. The molecule has 0 bridgehead atoms. The molecule has 1 amide bonds. The summed E-state index contributed by atoms with van der Waals surface area (Å²) in [5, 5.41) is 7.72. The summed E-state index contributed by atoms with van der Waals surface area (Å²) >= 11 is 0. The van der Waals surface area contributed by atoms with Gasteiger partial charge >= 0.3 is 0 Å². The van der Waals surface area contributed by atoms with E-state index in [2.05, 4.69) is 5.32 Å². The third kappa shape index (κ3) is 5.03. The number of sulfonamides is 1. The molecule has 0 saturated heterocycles. The summed E-state index contributed by atoms with van der Waals surface area (Å²) in [7, 11) is -4.64. The van der Waals surface area contributed by atoms with Gasteiger partial charge < -0.3 is 5.32 Å². The SMILES string of the molecule is Cc1cc(S(N)(=O)=O)ccc1C(=O)NCCCS(C)=O. The van der Waals surface area contributed by atoms with Crippen LogP contribution in [-0.2, 0) is 20.8 Å². The van der Waals surface area contributed by atoms with Crippen molar-refractivity contribution in [3.05, 3.63) is 29.3 Å². The summed E-state index contributed by atoms with van der Waals surface area (Å²) in [5.41, 5.74) is 0.933. The van der Waals surface area contributed by atoms with Gasteiger partial charge in [-0.25, -0.2) is 13.6 Å². The van der Waals surface area contributed by atoms with Gasteiger partial charge in [-0.1, -0.05) is 0 Å². The highest BCUT2D eigenvalue weighted by atomic mass is 32.2. The average molecular weight is 318 g/mol. The van der Waals surface area contributed by atoms with Crippen molar-refractivity contribution in [1.29, 1.82) is 0 Å². The molecule has 0 aliphatic rings. The molecule has 0 fully saturated rings. The van der Waals surface area contributed by atoms with Crippen molar-refractivity contribution in [2.24, 2.45) is 5.14 Å². The number of amides is 1. The monoisotopic (exact) mass is 318 g/mol. The zero-order chi connectivity index (χ0) is 15.3. The number of aryl methyl sites for hydroxylation is 1. The number of carbonyl (C=O) groups is 1. The lowest BCUT2D eigenvalue weighted by atomic mass is 10.1. The highest BCUT2D eigenvalue weighted by Gasteiger charge is 2.13. The number of nitrogens with one attached hydrogen (secondary N) is 1. The van der Waals surface area contributed by atoms with E-state index in [4.69, 9.17) is 5.14 Å². The van der Waals surface area contributed by atoms with Crippen LogP contribution in [0.25, 0.3) is 0 Å². The molecular weight excluding hydrogens is 300 g/mol. The maximum Gasteiger partial charge on any atom is 0.251 e. The highest BCUT2D eigenvalue weighted by molar-refractivity contribution is 7.89. The van der Waals surface area contributed by atoms with E-state index >= 15 is 0 Å². The van der Waals surface area contributed by atoms with Crippen LogP contribution in [0.15, 0.2) is 23.1 Å². The molecule has 1 rings (SSSR count). The molecule has 1 aromatic rings. The van der Waals surface area contributed by atoms with E-state index in [-0.39, 0.29) is 10.8 Å². The van der Waals surface area contributed by atoms with E-state index in [1.54, 1.807) is 13.2 Å². The van der Waals surface area contributed by atoms with Gasteiger partial charge in [0.25, 0.3) is 5.91 Å². The molecule has 0 heterocycles. The minimum atomic E-state index is -3.76. The largest absolute Gasteiger partial charge is 0.352 e. The Kier molecular flexibility index (Phi) is 5.85. The Bertz CT molecular complexity index is 626. The zero-order valence-electron chi connectivity index (χ0n) is 11.4. The maximum atomic E-state index is 11.9. The molecule has 8 heteroatoms. The molecule has 3 N–H and O–H groups in total. The molecule has 0 saturated carbocycles. The zero-order valence-corrected chi connectivity index (χ0v) is 13.0. The smallest absolute Gasteiger partial charge is 0.251 e. The summed E-state index contributed by atoms with van der Waals surface area (Å²) in [6, 6.07) is 4.10. The first kappa shape index (κ1) is 16.8. The number of benzene rings is 1. The molecule has 0 spiro atoms. The van der Waals surface area contributed by atoms with Crippen molar-refractivity contribution in [2.45, 2.75) is 18.2 Å². The lowest BCUT2D eigenvalue weighted by Gasteiger charge is -2.08. The first-order valence-electron chi connectivity index (χ1n) is 5.93. The summed E-state index contributed by atoms with van der Waals surface area (Å²) in [4.78, 5) is 11.9. The van der Waals surface area contributed by atoms with Crippen LogP contribution < -0.4 is 10.5 Å². The predicted molar refractivity (Wildman–Crippen MR) is 78.4 cm³/mol. The Balaban J connectivity index is 2.72. The number of hydrogen-bond acceptors (Lipinski definition) is 4. The van der Waals surface area contributed by atoms with Crippen molar-refractivity contribution in [2.75, 3.05) is 18.6 Å². The fourth-order valence-corrected chi connectivity index (χ4v) is 2.79. The van der Waals surface area contributed by atoms with Crippen LogP contribution in [0.1, 0.15) is 22.3 Å². The van der Waals surface area contributed by atoms with Crippen molar-refractivity contribution in [3.8, 4) is 0 Å². The quantitative estimate of drug-likeness (QED) is 0.728. The van der Waals surface area contributed by atoms with Gasteiger partial charge in [0.2, 0.25) is 10.0 Å². The van der Waals surface area contributed by atoms with E-state index in [1.165, 1.54) is 18.2 Å². The average Bonchev–Trinajstić information content (AvgIpc) is 2.32. The van der Waals surface area contributed by atoms with Crippen molar-refractivity contribution in [1.82, 2.24) is 5.32 Å². The molecule has 6 nitrogen and oxygen atoms in total. The van der Waals surface area contributed by atoms with Crippen LogP contribution in [0, 0.1) is 6.92 Å². The van der Waals surface area contributed by atoms with E-state index in [9.17, 15) is 17.4 Å². The fraction of sp³-hybridized carbons (Fsp3) is 0.417. The summed E-state index contributed by atoms with van der Waals surface area (Å²) in [5.74, 6) is 0.245. The first-order valence-corrected chi connectivity index (χ1v) is 9.21. The van der Waals surface area contributed by atoms with Gasteiger partial charge in [-0.05, 0) is 37.1 Å². The molecule has 0 radical (unpaired) electrons. The summed E-state index contributed by atoms with van der Waals surface area (Å²) in [6.45, 7) is 2.07. The van der Waals surface area contributed by atoms with E-state index < -0.39 is 20.8 Å². The Morgan fingerprint density at radius 1 is 1.40 bits per heavy atom. The third-order valence-electron chi connectivity index (χ3n) is 2.67. The van der Waals surface area contributed by atoms with Crippen LogP contribution in [0.2, 0.25) is 0 Å². The minimum Gasteiger partial charge on any atom is -0.352 e. The van der Waals surface area contributed by atoms with Crippen molar-refractivity contribution >= 4 is 26.7 Å². The molecule has 1 unspecified atom stereocenters. The number of hydrogen-bond donors (Lipinski definition) is 2. The van der Waals surface area contributed by atoms with Crippen LogP contribution in [0.4, 0.5) is 0 Å². The molecule has 0 aliphatic carbocycles. The van der Waals surface area contributed by atoms with Crippen LogP contribution in [0.5, 0.6) is 0 Å². The van der Waals surface area contributed by atoms with Crippen LogP contribution >= 0.6 is 0 Å². The topological polar surface area (TPSA) is 106 Å². The van der Waals surface area contributed by atoms with Gasteiger partial charge in [0.05, 0.1) is 4.90 Å². The minimum absolute atomic E-state index is 0.0204. The third-order valence-corrected chi connectivity index (χ3v) is 4.44. The van der Waals surface area contributed by atoms with Crippen molar-refractivity contribution < 1.29 is 17.4 Å². The lowest BCUT2D eigenvalue weighted by Crippen LogP contribution is -2.26. The number of nitrogens with two attached hydrogens (primary N) is 1. The Labute approximate surface area is 121 Å². The molecule has 0 aromatic heterocycles. The number of carbonyl (C=O) groups excluding carboxylic acids is 1. The Morgan fingerprint density at radius 3 is 2.55 bits per heavy atom. The summed E-state index contributed by atoms with van der Waals surface area (Å²) in [6.07, 6.45) is 2.24. The van der Waals surface area contributed by atoms with Gasteiger partial charge in [-0.3, -0.25) is 9.00 Å². The van der Waals surface area contributed by atoms with Gasteiger partial charge in [0, 0.05) is 34.9 Å². The second-order valence-electron chi connectivity index (χ2n) is 4.41. The van der Waals surface area contributed by atoms with Gasteiger partial charge in [-0.15, -0.1) is 0 Å². The van der Waals surface area contributed by atoms with Crippen LogP contribution in [-0.4, -0.2) is 37.1 Å². The molecular formula is C12H18N2O4S2. The van der Waals surface area contributed by atoms with Crippen LogP contribution in [0.3, 0.4) is 0 Å². The maximum absolute atomic E-state index is 11.9. The Hall–Kier alpha value is -1.25. The van der Waals surface area contributed by atoms with Gasteiger partial charge in [0.1, 0.15) is 0 Å². The fourth-order valence-electron chi connectivity index (χ4n) is 1.64. The molecule has 0 aliphatic heterocycles. The number of primary sulfonamides is 1. The lowest BCUT2D eigenvalue weighted by molar-refractivity contribution is 0.0953. The second kappa shape index (κ2) is 6.96. The normalized spacial score (nSPS) is 12.9. The predicted octanol–water partition coefficient (Wildman–Crippen LogP) is 0.141. The molecule has 20 heavy (non-hydrogen) atoms. The van der Waals surface area contributed by atoms with E-state index in [0.29, 0.717) is 29.8 Å². The molecule has 112 valence electrons. The highest BCUT2D eigenvalue weighted by Crippen LogP contribution is 2.14.